The van der Waals surface area contributed by atoms with Crippen molar-refractivity contribution >= 4 is 16.1 Å². The number of ether oxygens (including phenoxy) is 1. The van der Waals surface area contributed by atoms with Gasteiger partial charge in [-0.25, -0.2) is 0 Å². The molecule has 1 N–H and O–H groups in total. The minimum atomic E-state index is -4.11. The van der Waals surface area contributed by atoms with Gasteiger partial charge in [-0.05, 0) is 35.7 Å². The van der Waals surface area contributed by atoms with Gasteiger partial charge in [0, 0.05) is 0 Å². The van der Waals surface area contributed by atoms with Gasteiger partial charge >= 0.3 is 5.97 Å². The first-order valence-electron chi connectivity index (χ1n) is 11.8. The fourth-order valence-electron chi connectivity index (χ4n) is 4.32. The van der Waals surface area contributed by atoms with E-state index in [2.05, 4.69) is 5.32 Å². The molecule has 1 atom stereocenters. The number of hydrogen-bond acceptors (Lipinski definition) is 6. The first-order chi connectivity index (χ1) is 17.9. The molecule has 0 radical (unpaired) electrons. The topological polar surface area (TPSA) is 81.7 Å². The van der Waals surface area contributed by atoms with E-state index in [4.69, 9.17) is 8.92 Å². The van der Waals surface area contributed by atoms with Crippen LogP contribution < -0.4 is 5.32 Å². The first kappa shape index (κ1) is 26.3. The van der Waals surface area contributed by atoms with Crippen LogP contribution in [0.4, 0.5) is 0 Å². The molecule has 0 aromatic heterocycles. The Hall–Kier alpha value is -3.78. The Bertz CT molecular complexity index is 1310. The second-order valence-corrected chi connectivity index (χ2v) is 10.2. The molecule has 4 aromatic carbocycles. The highest BCUT2D eigenvalue weighted by molar-refractivity contribution is 7.86. The lowest BCUT2D eigenvalue weighted by atomic mass is 9.76. The molecule has 190 valence electrons. The van der Waals surface area contributed by atoms with E-state index >= 15 is 0 Å². The minimum absolute atomic E-state index is 0.0159. The molecule has 0 aliphatic carbocycles. The lowest BCUT2D eigenvalue weighted by Crippen LogP contribution is -2.54. The number of carbonyl (C=O) groups excluding carboxylic acids is 1. The van der Waals surface area contributed by atoms with Gasteiger partial charge in [0.15, 0.2) is 0 Å². The van der Waals surface area contributed by atoms with Crippen LogP contribution >= 0.6 is 0 Å². The SMILES string of the molecule is COC(=O)C(COS(=O)(=O)c1ccc(C)cc1)NC(c1ccccc1)(c1ccccc1)c1ccccc1. The van der Waals surface area contributed by atoms with Crippen LogP contribution in [0.15, 0.2) is 120 Å². The number of rotatable bonds is 10. The van der Waals surface area contributed by atoms with Crippen molar-refractivity contribution in [3.8, 4) is 0 Å². The van der Waals surface area contributed by atoms with Crippen LogP contribution in [-0.4, -0.2) is 34.1 Å². The zero-order valence-electron chi connectivity index (χ0n) is 20.7. The number of benzene rings is 4. The van der Waals surface area contributed by atoms with Gasteiger partial charge in [0.05, 0.1) is 24.2 Å². The Kier molecular flexibility index (Phi) is 8.18. The number of nitrogens with one attached hydrogen (secondary N) is 1. The van der Waals surface area contributed by atoms with E-state index in [1.807, 2.05) is 97.9 Å². The summed E-state index contributed by atoms with van der Waals surface area (Å²) in [6, 6.07) is 34.3. The van der Waals surface area contributed by atoms with Crippen molar-refractivity contribution in [2.24, 2.45) is 0 Å². The molecule has 0 heterocycles. The molecular formula is C30H29NO5S. The Morgan fingerprint density at radius 3 is 1.59 bits per heavy atom. The molecule has 0 amide bonds. The molecule has 4 rings (SSSR count). The molecule has 0 aliphatic heterocycles. The van der Waals surface area contributed by atoms with Crippen LogP contribution in [0.5, 0.6) is 0 Å². The van der Waals surface area contributed by atoms with Crippen molar-refractivity contribution in [1.29, 1.82) is 0 Å². The Labute approximate surface area is 218 Å². The van der Waals surface area contributed by atoms with E-state index in [0.717, 1.165) is 22.3 Å². The van der Waals surface area contributed by atoms with E-state index in [-0.39, 0.29) is 4.90 Å². The summed E-state index contributed by atoms with van der Waals surface area (Å²) < 4.78 is 36.3. The number of esters is 1. The van der Waals surface area contributed by atoms with Gasteiger partial charge < -0.3 is 4.74 Å². The highest BCUT2D eigenvalue weighted by atomic mass is 32.2. The molecular weight excluding hydrogens is 486 g/mol. The van der Waals surface area contributed by atoms with Gasteiger partial charge in [0.25, 0.3) is 10.1 Å². The summed E-state index contributed by atoms with van der Waals surface area (Å²) in [6.45, 7) is 1.40. The predicted molar refractivity (Wildman–Crippen MR) is 142 cm³/mol. The molecule has 0 bridgehead atoms. The van der Waals surface area contributed by atoms with Gasteiger partial charge in [0.1, 0.15) is 6.04 Å². The number of aryl methyl sites for hydroxylation is 1. The Balaban J connectivity index is 1.79. The van der Waals surface area contributed by atoms with Crippen molar-refractivity contribution in [2.75, 3.05) is 13.7 Å². The van der Waals surface area contributed by atoms with Crippen molar-refractivity contribution in [3.05, 3.63) is 138 Å². The lowest BCUT2D eigenvalue weighted by molar-refractivity contribution is -0.144. The van der Waals surface area contributed by atoms with Crippen molar-refractivity contribution in [1.82, 2.24) is 5.32 Å². The van der Waals surface area contributed by atoms with E-state index in [9.17, 15) is 13.2 Å². The molecule has 0 saturated heterocycles. The fourth-order valence-corrected chi connectivity index (χ4v) is 5.24. The average Bonchev–Trinajstić information content (AvgIpc) is 2.94. The molecule has 4 aromatic rings. The average molecular weight is 516 g/mol. The maximum Gasteiger partial charge on any atom is 0.325 e. The molecule has 0 fully saturated rings. The van der Waals surface area contributed by atoms with Crippen LogP contribution in [-0.2, 0) is 29.4 Å². The molecule has 1 unspecified atom stereocenters. The summed E-state index contributed by atoms with van der Waals surface area (Å²) in [7, 11) is -2.85. The second-order valence-electron chi connectivity index (χ2n) is 8.62. The molecule has 0 spiro atoms. The number of carbonyl (C=O) groups is 1. The fraction of sp³-hybridized carbons (Fsp3) is 0.167. The Morgan fingerprint density at radius 2 is 1.19 bits per heavy atom. The van der Waals surface area contributed by atoms with Crippen LogP contribution in [0.25, 0.3) is 0 Å². The van der Waals surface area contributed by atoms with Crippen molar-refractivity contribution in [3.63, 3.8) is 0 Å². The van der Waals surface area contributed by atoms with Crippen LogP contribution in [0.2, 0.25) is 0 Å². The van der Waals surface area contributed by atoms with Crippen LogP contribution in [0, 0.1) is 6.92 Å². The van der Waals surface area contributed by atoms with E-state index in [1.165, 1.54) is 19.2 Å². The van der Waals surface area contributed by atoms with Gasteiger partial charge in [-0.2, -0.15) is 8.42 Å². The third kappa shape index (κ3) is 5.80. The molecule has 6 nitrogen and oxygen atoms in total. The largest absolute Gasteiger partial charge is 0.468 e. The smallest absolute Gasteiger partial charge is 0.325 e. The third-order valence-corrected chi connectivity index (χ3v) is 7.49. The second kappa shape index (κ2) is 11.5. The summed E-state index contributed by atoms with van der Waals surface area (Å²) in [5.41, 5.74) is 2.50. The monoisotopic (exact) mass is 515 g/mol. The standard InChI is InChI=1S/C30H29NO5S/c1-23-18-20-27(21-19-23)37(33,34)36-22-28(29(32)35-2)31-30(24-12-6-3-7-13-24,25-14-8-4-9-15-25)26-16-10-5-11-17-26/h3-21,28,31H,22H2,1-2H3. The number of hydrogen-bond donors (Lipinski definition) is 1. The van der Waals surface area contributed by atoms with Gasteiger partial charge in [-0.15, -0.1) is 0 Å². The summed E-state index contributed by atoms with van der Waals surface area (Å²) in [4.78, 5) is 13.0. The maximum atomic E-state index is 13.0. The predicted octanol–water partition coefficient (Wildman–Crippen LogP) is 4.82. The quantitative estimate of drug-likeness (QED) is 0.185. The highest BCUT2D eigenvalue weighted by Crippen LogP contribution is 2.37. The lowest BCUT2D eigenvalue weighted by Gasteiger charge is -2.39. The van der Waals surface area contributed by atoms with E-state index < -0.39 is 34.3 Å². The maximum absolute atomic E-state index is 13.0. The first-order valence-corrected chi connectivity index (χ1v) is 13.3. The molecule has 37 heavy (non-hydrogen) atoms. The Morgan fingerprint density at radius 1 is 0.757 bits per heavy atom. The van der Waals surface area contributed by atoms with Gasteiger partial charge in [-0.1, -0.05) is 109 Å². The third-order valence-electron chi connectivity index (χ3n) is 6.20. The van der Waals surface area contributed by atoms with Crippen LogP contribution in [0.1, 0.15) is 22.3 Å². The van der Waals surface area contributed by atoms with Crippen molar-refractivity contribution < 1.29 is 22.1 Å². The molecule has 7 heteroatoms. The van der Waals surface area contributed by atoms with Gasteiger partial charge in [0.2, 0.25) is 0 Å². The van der Waals surface area contributed by atoms with Crippen LogP contribution in [0.3, 0.4) is 0 Å². The highest BCUT2D eigenvalue weighted by Gasteiger charge is 2.40. The zero-order valence-corrected chi connectivity index (χ0v) is 21.5. The van der Waals surface area contributed by atoms with E-state index in [0.29, 0.717) is 0 Å². The summed E-state index contributed by atoms with van der Waals surface area (Å²) >= 11 is 0. The normalized spacial score (nSPS) is 12.6. The summed E-state index contributed by atoms with van der Waals surface area (Å²) in [5.74, 6) is -0.647. The molecule has 0 aliphatic rings. The minimum Gasteiger partial charge on any atom is -0.468 e. The number of methoxy groups -OCH3 is 1. The summed E-state index contributed by atoms with van der Waals surface area (Å²) in [5, 5.41) is 3.44. The zero-order chi connectivity index (χ0) is 26.3. The van der Waals surface area contributed by atoms with Gasteiger partial charge in [-0.3, -0.25) is 14.3 Å². The summed E-state index contributed by atoms with van der Waals surface area (Å²) in [6.07, 6.45) is 0. The van der Waals surface area contributed by atoms with Crippen molar-refractivity contribution in [2.45, 2.75) is 23.4 Å². The van der Waals surface area contributed by atoms with E-state index in [1.54, 1.807) is 12.1 Å². The molecule has 0 saturated carbocycles.